The molecule has 0 saturated heterocycles. The molecule has 0 radical (unpaired) electrons. The van der Waals surface area contributed by atoms with Gasteiger partial charge in [0.05, 0.1) is 6.20 Å². The molecule has 102 valence electrons. The van der Waals surface area contributed by atoms with Crippen LogP contribution < -0.4 is 5.32 Å². The molecule has 0 aliphatic carbocycles. The van der Waals surface area contributed by atoms with Crippen LogP contribution in [-0.4, -0.2) is 16.8 Å². The van der Waals surface area contributed by atoms with Gasteiger partial charge in [0.2, 0.25) is 0 Å². The molecule has 0 aliphatic heterocycles. The number of halogens is 3. The third-order valence-electron chi connectivity index (χ3n) is 3.17. The van der Waals surface area contributed by atoms with Gasteiger partial charge in [0.15, 0.2) is 17.5 Å². The lowest BCUT2D eigenvalue weighted by molar-refractivity contribution is 0.491. The van der Waals surface area contributed by atoms with Crippen molar-refractivity contribution in [3.8, 4) is 5.69 Å². The van der Waals surface area contributed by atoms with E-state index in [9.17, 15) is 13.2 Å². The lowest BCUT2D eigenvalue weighted by Gasteiger charge is -2.11. The second kappa shape index (κ2) is 5.05. The topological polar surface area (TPSA) is 29.9 Å². The molecule has 6 heteroatoms. The normalized spacial score (nSPS) is 12.7. The Morgan fingerprint density at radius 2 is 1.79 bits per heavy atom. The Hall–Kier alpha value is -1.82. The summed E-state index contributed by atoms with van der Waals surface area (Å²) in [6.07, 6.45) is 1.58. The van der Waals surface area contributed by atoms with Crippen molar-refractivity contribution in [3.63, 3.8) is 0 Å². The fraction of sp³-hybridized carbons (Fsp3) is 0.308. The van der Waals surface area contributed by atoms with E-state index in [1.807, 2.05) is 6.92 Å². The second-order valence-corrected chi connectivity index (χ2v) is 4.33. The lowest BCUT2D eigenvalue weighted by atomic mass is 10.1. The first-order chi connectivity index (χ1) is 8.95. The minimum Gasteiger partial charge on any atom is -0.313 e. The zero-order valence-corrected chi connectivity index (χ0v) is 10.8. The quantitative estimate of drug-likeness (QED) is 0.868. The Kier molecular flexibility index (Phi) is 3.61. The molecule has 2 aromatic rings. The van der Waals surface area contributed by atoms with Gasteiger partial charge in [-0.2, -0.15) is 5.10 Å². The van der Waals surface area contributed by atoms with E-state index in [2.05, 4.69) is 10.4 Å². The molecule has 0 aliphatic rings. The van der Waals surface area contributed by atoms with E-state index in [1.165, 1.54) is 4.68 Å². The SMILES string of the molecule is CNC(C)c1cnn(-c2cc(F)c(F)cc2F)c1C. The van der Waals surface area contributed by atoms with Gasteiger partial charge in [0, 0.05) is 29.4 Å². The van der Waals surface area contributed by atoms with Crippen LogP contribution in [0, 0.1) is 24.4 Å². The van der Waals surface area contributed by atoms with Crippen molar-refractivity contribution in [1.29, 1.82) is 0 Å². The van der Waals surface area contributed by atoms with E-state index in [-0.39, 0.29) is 11.7 Å². The molecule has 1 aromatic carbocycles. The molecule has 1 aromatic heterocycles. The standard InChI is InChI=1S/C13H14F3N3/c1-7(17-3)9-6-18-19(8(9)2)13-5-11(15)10(14)4-12(13)16/h4-7,17H,1-3H3. The summed E-state index contributed by atoms with van der Waals surface area (Å²) < 4.78 is 41.1. The van der Waals surface area contributed by atoms with Crippen LogP contribution in [0.4, 0.5) is 13.2 Å². The Balaban J connectivity index is 2.54. The maximum atomic E-state index is 13.7. The summed E-state index contributed by atoms with van der Waals surface area (Å²) in [5, 5.41) is 7.07. The van der Waals surface area contributed by atoms with E-state index in [4.69, 9.17) is 0 Å². The monoisotopic (exact) mass is 269 g/mol. The largest absolute Gasteiger partial charge is 0.313 e. The first kappa shape index (κ1) is 13.6. The molecular weight excluding hydrogens is 255 g/mol. The van der Waals surface area contributed by atoms with Crippen LogP contribution in [-0.2, 0) is 0 Å². The summed E-state index contributed by atoms with van der Waals surface area (Å²) >= 11 is 0. The van der Waals surface area contributed by atoms with Crippen LogP contribution in [0.25, 0.3) is 5.69 Å². The van der Waals surface area contributed by atoms with Crippen molar-refractivity contribution in [2.24, 2.45) is 0 Å². The highest BCUT2D eigenvalue weighted by molar-refractivity contribution is 5.37. The predicted octanol–water partition coefficient (Wildman–Crippen LogP) is 2.88. The first-order valence-electron chi connectivity index (χ1n) is 5.82. The summed E-state index contributed by atoms with van der Waals surface area (Å²) in [4.78, 5) is 0. The number of nitrogens with zero attached hydrogens (tertiary/aromatic N) is 2. The highest BCUT2D eigenvalue weighted by atomic mass is 19.2. The number of aromatic nitrogens is 2. The van der Waals surface area contributed by atoms with Crippen LogP contribution in [0.2, 0.25) is 0 Å². The fourth-order valence-electron chi connectivity index (χ4n) is 1.92. The van der Waals surface area contributed by atoms with Gasteiger partial charge in [-0.05, 0) is 20.9 Å². The van der Waals surface area contributed by atoms with E-state index < -0.39 is 17.5 Å². The Bertz CT molecular complexity index is 607. The van der Waals surface area contributed by atoms with Crippen molar-refractivity contribution >= 4 is 0 Å². The van der Waals surface area contributed by atoms with Gasteiger partial charge in [-0.3, -0.25) is 0 Å². The van der Waals surface area contributed by atoms with E-state index in [0.717, 1.165) is 11.6 Å². The Morgan fingerprint density at radius 1 is 1.16 bits per heavy atom. The highest BCUT2D eigenvalue weighted by Crippen LogP contribution is 2.23. The minimum atomic E-state index is -1.21. The Labute approximate surface area is 109 Å². The first-order valence-corrected chi connectivity index (χ1v) is 5.82. The second-order valence-electron chi connectivity index (χ2n) is 4.33. The average Bonchev–Trinajstić information content (AvgIpc) is 2.75. The third kappa shape index (κ3) is 2.35. The molecule has 2 rings (SSSR count). The number of hydrogen-bond acceptors (Lipinski definition) is 2. The summed E-state index contributed by atoms with van der Waals surface area (Å²) in [6.45, 7) is 3.67. The van der Waals surface area contributed by atoms with Gasteiger partial charge in [-0.1, -0.05) is 0 Å². The molecule has 1 atom stereocenters. The van der Waals surface area contributed by atoms with E-state index in [1.54, 1.807) is 20.2 Å². The maximum absolute atomic E-state index is 13.7. The van der Waals surface area contributed by atoms with Crippen molar-refractivity contribution in [2.45, 2.75) is 19.9 Å². The summed E-state index contributed by atoms with van der Waals surface area (Å²) in [5.41, 5.74) is 1.43. The van der Waals surface area contributed by atoms with Crippen LogP contribution in [0.15, 0.2) is 18.3 Å². The summed E-state index contributed by atoms with van der Waals surface area (Å²) in [5.74, 6) is -3.17. The van der Waals surface area contributed by atoms with Gasteiger partial charge >= 0.3 is 0 Å². The van der Waals surface area contributed by atoms with Crippen molar-refractivity contribution in [2.75, 3.05) is 7.05 Å². The molecule has 3 nitrogen and oxygen atoms in total. The molecule has 1 N–H and O–H groups in total. The van der Waals surface area contributed by atoms with Gasteiger partial charge < -0.3 is 5.32 Å². The molecule has 0 saturated carbocycles. The van der Waals surface area contributed by atoms with Gasteiger partial charge in [-0.15, -0.1) is 0 Å². The smallest absolute Gasteiger partial charge is 0.161 e. The van der Waals surface area contributed by atoms with Crippen LogP contribution in [0.5, 0.6) is 0 Å². The molecule has 0 amide bonds. The fourth-order valence-corrected chi connectivity index (χ4v) is 1.92. The molecule has 1 unspecified atom stereocenters. The highest BCUT2D eigenvalue weighted by Gasteiger charge is 2.17. The summed E-state index contributed by atoms with van der Waals surface area (Å²) in [7, 11) is 1.79. The van der Waals surface area contributed by atoms with Gasteiger partial charge in [0.25, 0.3) is 0 Å². The molecule has 0 bridgehead atoms. The van der Waals surface area contributed by atoms with Gasteiger partial charge in [-0.25, -0.2) is 17.9 Å². The van der Waals surface area contributed by atoms with Crippen LogP contribution in [0.3, 0.4) is 0 Å². The molecule has 0 fully saturated rings. The maximum Gasteiger partial charge on any atom is 0.161 e. The molecule has 19 heavy (non-hydrogen) atoms. The average molecular weight is 269 g/mol. The van der Waals surface area contributed by atoms with E-state index >= 15 is 0 Å². The third-order valence-corrected chi connectivity index (χ3v) is 3.17. The van der Waals surface area contributed by atoms with Crippen molar-refractivity contribution < 1.29 is 13.2 Å². The molecular formula is C13H14F3N3. The van der Waals surface area contributed by atoms with Gasteiger partial charge in [0.1, 0.15) is 5.69 Å². The minimum absolute atomic E-state index is 0.0297. The van der Waals surface area contributed by atoms with Crippen LogP contribution in [0.1, 0.15) is 24.2 Å². The predicted molar refractivity (Wildman–Crippen MR) is 65.6 cm³/mol. The number of rotatable bonds is 3. The number of benzene rings is 1. The Morgan fingerprint density at radius 3 is 2.42 bits per heavy atom. The number of hydrogen-bond donors (Lipinski definition) is 1. The van der Waals surface area contributed by atoms with Crippen molar-refractivity contribution in [3.05, 3.63) is 47.0 Å². The zero-order chi connectivity index (χ0) is 14.2. The lowest BCUT2D eigenvalue weighted by Crippen LogP contribution is -2.13. The van der Waals surface area contributed by atoms with Crippen molar-refractivity contribution in [1.82, 2.24) is 15.1 Å². The van der Waals surface area contributed by atoms with E-state index in [0.29, 0.717) is 11.8 Å². The van der Waals surface area contributed by atoms with Crippen LogP contribution >= 0.6 is 0 Å². The number of nitrogens with one attached hydrogen (secondary N) is 1. The molecule has 0 spiro atoms. The summed E-state index contributed by atoms with van der Waals surface area (Å²) in [6, 6.07) is 1.35. The zero-order valence-electron chi connectivity index (χ0n) is 10.8. The molecule has 1 heterocycles.